The highest BCUT2D eigenvalue weighted by Gasteiger charge is 2.59. The molecular formula is C25H19ClF2N2O3S. The predicted octanol–water partition coefficient (Wildman–Crippen LogP) is 5.22. The van der Waals surface area contributed by atoms with Gasteiger partial charge < -0.3 is 14.5 Å². The Morgan fingerprint density at radius 3 is 2.50 bits per heavy atom. The molecule has 1 spiro atoms. The van der Waals surface area contributed by atoms with E-state index < -0.39 is 22.4 Å². The molecule has 5 nitrogen and oxygen atoms in total. The van der Waals surface area contributed by atoms with Crippen LogP contribution in [0.1, 0.15) is 21.5 Å². The first-order valence-corrected chi connectivity index (χ1v) is 11.9. The highest BCUT2D eigenvalue weighted by atomic mass is 35.5. The van der Waals surface area contributed by atoms with Gasteiger partial charge in [-0.15, -0.1) is 11.8 Å². The number of rotatable bonds is 4. The van der Waals surface area contributed by atoms with Crippen LogP contribution in [0, 0.1) is 11.6 Å². The van der Waals surface area contributed by atoms with Gasteiger partial charge in [0.05, 0.1) is 19.3 Å². The van der Waals surface area contributed by atoms with Crippen molar-refractivity contribution < 1.29 is 23.1 Å². The van der Waals surface area contributed by atoms with Crippen LogP contribution < -0.4 is 9.64 Å². The second kappa shape index (κ2) is 8.60. The molecular weight excluding hydrogens is 482 g/mol. The standard InChI is InChI=1S/C25H19ClF2N2O3S/c1-33-17-9-10-22-19(13-17)25(24(32)29(22)14-18-20(27)3-2-4-21(18)28)30(11-12-34-25)23(31)15-5-7-16(26)8-6-15/h2-10,13H,11-12,14H2,1H3/t25-/m1/s1. The molecule has 3 aromatic rings. The lowest BCUT2D eigenvalue weighted by Gasteiger charge is -2.33. The van der Waals surface area contributed by atoms with E-state index in [4.69, 9.17) is 16.3 Å². The fourth-order valence-electron chi connectivity index (χ4n) is 4.47. The average molecular weight is 501 g/mol. The molecule has 2 heterocycles. The number of halogens is 3. The van der Waals surface area contributed by atoms with Crippen LogP contribution in [0.2, 0.25) is 5.02 Å². The van der Waals surface area contributed by atoms with E-state index in [1.807, 2.05) is 0 Å². The molecule has 34 heavy (non-hydrogen) atoms. The first-order valence-electron chi connectivity index (χ1n) is 10.5. The minimum atomic E-state index is -1.37. The molecule has 1 saturated heterocycles. The highest BCUT2D eigenvalue weighted by Crippen LogP contribution is 2.55. The van der Waals surface area contributed by atoms with E-state index >= 15 is 0 Å². The van der Waals surface area contributed by atoms with Crippen LogP contribution in [-0.4, -0.2) is 36.1 Å². The summed E-state index contributed by atoms with van der Waals surface area (Å²) in [6, 6.07) is 15.1. The van der Waals surface area contributed by atoms with Gasteiger partial charge in [-0.05, 0) is 54.6 Å². The number of nitrogens with zero attached hydrogens (tertiary/aromatic N) is 2. The van der Waals surface area contributed by atoms with Gasteiger partial charge in [-0.25, -0.2) is 8.78 Å². The molecule has 0 unspecified atom stereocenters. The fraction of sp³-hybridized carbons (Fsp3) is 0.200. The first-order chi connectivity index (χ1) is 16.4. The van der Waals surface area contributed by atoms with Gasteiger partial charge in [0.1, 0.15) is 17.4 Å². The molecule has 0 aromatic heterocycles. The van der Waals surface area contributed by atoms with Crippen LogP contribution in [0.3, 0.4) is 0 Å². The fourth-order valence-corrected chi connectivity index (χ4v) is 6.05. The largest absolute Gasteiger partial charge is 0.497 e. The van der Waals surface area contributed by atoms with Gasteiger partial charge in [-0.1, -0.05) is 17.7 Å². The molecule has 1 atom stereocenters. The van der Waals surface area contributed by atoms with Crippen molar-refractivity contribution in [3.8, 4) is 5.75 Å². The average Bonchev–Trinajstić information content (AvgIpc) is 3.38. The number of hydrogen-bond donors (Lipinski definition) is 0. The van der Waals surface area contributed by atoms with Gasteiger partial charge in [0, 0.05) is 34.0 Å². The first kappa shape index (κ1) is 22.7. The zero-order valence-corrected chi connectivity index (χ0v) is 19.6. The number of methoxy groups -OCH3 is 1. The molecule has 5 rings (SSSR count). The van der Waals surface area contributed by atoms with Crippen LogP contribution in [0.25, 0.3) is 0 Å². The van der Waals surface area contributed by atoms with Crippen molar-refractivity contribution in [1.29, 1.82) is 0 Å². The summed E-state index contributed by atoms with van der Waals surface area (Å²) >= 11 is 7.30. The normalized spacial score (nSPS) is 19.1. The second-order valence-corrected chi connectivity index (χ2v) is 9.65. The van der Waals surface area contributed by atoms with Crippen molar-refractivity contribution in [1.82, 2.24) is 4.90 Å². The Balaban J connectivity index is 1.63. The number of carbonyl (C=O) groups is 2. The second-order valence-electron chi connectivity index (χ2n) is 7.93. The lowest BCUT2D eigenvalue weighted by atomic mass is 10.0. The van der Waals surface area contributed by atoms with Crippen LogP contribution in [-0.2, 0) is 16.2 Å². The maximum atomic E-state index is 14.5. The zero-order chi connectivity index (χ0) is 24.0. The molecule has 174 valence electrons. The van der Waals surface area contributed by atoms with Gasteiger partial charge in [0.25, 0.3) is 11.8 Å². The van der Waals surface area contributed by atoms with Crippen LogP contribution in [0.15, 0.2) is 60.7 Å². The van der Waals surface area contributed by atoms with E-state index in [0.717, 1.165) is 12.1 Å². The quantitative estimate of drug-likeness (QED) is 0.493. The van der Waals surface area contributed by atoms with E-state index in [2.05, 4.69) is 0 Å². The number of amides is 2. The summed E-state index contributed by atoms with van der Waals surface area (Å²) in [7, 11) is 1.51. The van der Waals surface area contributed by atoms with E-state index in [1.165, 1.54) is 34.7 Å². The number of anilines is 1. The summed E-state index contributed by atoms with van der Waals surface area (Å²) in [4.78, 5) is 29.1. The third-order valence-corrected chi connectivity index (χ3v) is 7.79. The summed E-state index contributed by atoms with van der Waals surface area (Å²) in [5.74, 6) is -1.21. The van der Waals surface area contributed by atoms with Crippen LogP contribution in [0.4, 0.5) is 14.5 Å². The molecule has 3 aromatic carbocycles. The summed E-state index contributed by atoms with van der Waals surface area (Å²) in [6.45, 7) is 0.0262. The molecule has 1 fully saturated rings. The Morgan fingerprint density at radius 2 is 1.82 bits per heavy atom. The minimum Gasteiger partial charge on any atom is -0.497 e. The lowest BCUT2D eigenvalue weighted by molar-refractivity contribution is -0.123. The number of fused-ring (bicyclic) bond motifs is 2. The molecule has 0 radical (unpaired) electrons. The van der Waals surface area contributed by atoms with E-state index in [0.29, 0.717) is 39.9 Å². The molecule has 0 saturated carbocycles. The summed E-state index contributed by atoms with van der Waals surface area (Å²) < 4.78 is 34.3. The highest BCUT2D eigenvalue weighted by molar-refractivity contribution is 8.01. The monoisotopic (exact) mass is 500 g/mol. The molecule has 0 bridgehead atoms. The van der Waals surface area contributed by atoms with Crippen LogP contribution in [0.5, 0.6) is 5.75 Å². The van der Waals surface area contributed by atoms with Crippen molar-refractivity contribution in [2.45, 2.75) is 11.4 Å². The molecule has 0 aliphatic carbocycles. The summed E-state index contributed by atoms with van der Waals surface area (Å²) in [6.07, 6.45) is 0. The Bertz CT molecular complexity index is 1280. The third kappa shape index (κ3) is 3.44. The minimum absolute atomic E-state index is 0.215. The Hall–Kier alpha value is -3.10. The van der Waals surface area contributed by atoms with Crippen molar-refractivity contribution in [3.63, 3.8) is 0 Å². The van der Waals surface area contributed by atoms with Gasteiger partial charge in [0.15, 0.2) is 4.87 Å². The van der Waals surface area contributed by atoms with Crippen molar-refractivity contribution in [2.75, 3.05) is 24.3 Å². The van der Waals surface area contributed by atoms with Gasteiger partial charge >= 0.3 is 0 Å². The van der Waals surface area contributed by atoms with Gasteiger partial charge in [0.2, 0.25) is 0 Å². The summed E-state index contributed by atoms with van der Waals surface area (Å²) in [5.41, 5.74) is 1.21. The van der Waals surface area contributed by atoms with E-state index in [9.17, 15) is 18.4 Å². The Labute approximate surface area is 204 Å². The number of thioether (sulfide) groups is 1. The van der Waals surface area contributed by atoms with Crippen molar-refractivity contribution in [3.05, 3.63) is 94.0 Å². The van der Waals surface area contributed by atoms with Crippen LogP contribution >= 0.6 is 23.4 Å². The van der Waals surface area contributed by atoms with Gasteiger partial charge in [-0.3, -0.25) is 9.59 Å². The van der Waals surface area contributed by atoms with Crippen molar-refractivity contribution in [2.24, 2.45) is 0 Å². The number of benzene rings is 3. The predicted molar refractivity (Wildman–Crippen MR) is 127 cm³/mol. The Morgan fingerprint density at radius 1 is 1.12 bits per heavy atom. The lowest BCUT2D eigenvalue weighted by Crippen LogP contribution is -2.50. The van der Waals surface area contributed by atoms with E-state index in [-0.39, 0.29) is 18.0 Å². The maximum absolute atomic E-state index is 14.5. The molecule has 0 N–H and O–H groups in total. The molecule has 2 aliphatic heterocycles. The van der Waals surface area contributed by atoms with Gasteiger partial charge in [-0.2, -0.15) is 0 Å². The SMILES string of the molecule is COc1ccc2c(c1)[C@@]1(SCCN1C(=O)c1ccc(Cl)cc1)C(=O)N2Cc1c(F)cccc1F. The topological polar surface area (TPSA) is 49.9 Å². The number of carbonyl (C=O) groups excluding carboxylic acids is 2. The number of ether oxygens (including phenoxy) is 1. The van der Waals surface area contributed by atoms with Crippen molar-refractivity contribution >= 4 is 40.9 Å². The molecule has 9 heteroatoms. The molecule has 2 amide bonds. The third-order valence-electron chi connectivity index (χ3n) is 6.11. The Kier molecular flexibility index (Phi) is 5.73. The number of hydrogen-bond acceptors (Lipinski definition) is 4. The molecule has 2 aliphatic rings. The smallest absolute Gasteiger partial charge is 0.268 e. The summed E-state index contributed by atoms with van der Waals surface area (Å²) in [5, 5.41) is 0.493. The zero-order valence-electron chi connectivity index (χ0n) is 18.1. The van der Waals surface area contributed by atoms with E-state index in [1.54, 1.807) is 42.5 Å². The maximum Gasteiger partial charge on any atom is 0.268 e.